The Bertz CT molecular complexity index is 452. The second kappa shape index (κ2) is 6.02. The summed E-state index contributed by atoms with van der Waals surface area (Å²) in [4.78, 5) is 11.4. The van der Waals surface area contributed by atoms with Gasteiger partial charge in [0.25, 0.3) is 0 Å². The number of carbonyl (C=O) groups excluding carboxylic acids is 1. The Kier molecular flexibility index (Phi) is 4.74. The first kappa shape index (κ1) is 15.8. The molecule has 2 aliphatic rings. The second-order valence-corrected chi connectivity index (χ2v) is 8.49. The number of hydrogen-bond donors (Lipinski definition) is 0. The fourth-order valence-corrected chi connectivity index (χ4v) is 5.63. The molecule has 5 nitrogen and oxygen atoms in total. The van der Waals surface area contributed by atoms with Gasteiger partial charge in [-0.3, -0.25) is 4.79 Å². The van der Waals surface area contributed by atoms with Gasteiger partial charge in [0.15, 0.2) is 9.84 Å². The van der Waals surface area contributed by atoms with Gasteiger partial charge in [0.2, 0.25) is 0 Å². The number of esters is 1. The zero-order valence-corrected chi connectivity index (χ0v) is 13.1. The Balaban J connectivity index is 1.98. The molecule has 0 aromatic rings. The van der Waals surface area contributed by atoms with Crippen molar-refractivity contribution < 1.29 is 22.7 Å². The van der Waals surface area contributed by atoms with Crippen LogP contribution in [0.3, 0.4) is 0 Å². The maximum absolute atomic E-state index is 12.6. The van der Waals surface area contributed by atoms with E-state index in [1.807, 2.05) is 0 Å². The molecule has 2 aliphatic carbocycles. The Morgan fingerprint density at radius 2 is 1.95 bits per heavy atom. The van der Waals surface area contributed by atoms with Crippen molar-refractivity contribution in [1.29, 1.82) is 0 Å². The average Bonchev–Trinajstić information content (AvgIpc) is 3.17. The van der Waals surface area contributed by atoms with E-state index in [0.29, 0.717) is 6.42 Å². The van der Waals surface area contributed by atoms with Gasteiger partial charge >= 0.3 is 5.97 Å². The lowest BCUT2D eigenvalue weighted by atomic mass is 9.97. The zero-order chi connectivity index (χ0) is 14.8. The van der Waals surface area contributed by atoms with Crippen molar-refractivity contribution in [3.63, 3.8) is 0 Å². The smallest absolute Gasteiger partial charge is 0.306 e. The maximum atomic E-state index is 12.6. The predicted molar refractivity (Wildman–Crippen MR) is 75.1 cm³/mol. The second-order valence-electron chi connectivity index (χ2n) is 6.21. The van der Waals surface area contributed by atoms with Gasteiger partial charge in [0, 0.05) is 7.11 Å². The molecule has 2 fully saturated rings. The van der Waals surface area contributed by atoms with Gasteiger partial charge in [-0.1, -0.05) is 0 Å². The molecule has 2 saturated carbocycles. The summed E-state index contributed by atoms with van der Waals surface area (Å²) < 4.78 is 35.1. The van der Waals surface area contributed by atoms with Crippen LogP contribution in [-0.2, 0) is 24.1 Å². The highest BCUT2D eigenvalue weighted by atomic mass is 32.2. The number of rotatable bonds is 6. The van der Waals surface area contributed by atoms with Crippen LogP contribution in [0.2, 0.25) is 0 Å². The molecule has 0 spiro atoms. The quantitative estimate of drug-likeness (QED) is 0.699. The van der Waals surface area contributed by atoms with Crippen molar-refractivity contribution in [2.24, 2.45) is 5.41 Å². The van der Waals surface area contributed by atoms with Crippen molar-refractivity contribution in [1.82, 2.24) is 0 Å². The van der Waals surface area contributed by atoms with Crippen LogP contribution >= 0.6 is 0 Å². The van der Waals surface area contributed by atoms with Crippen molar-refractivity contribution in [2.45, 2.75) is 56.3 Å². The molecule has 0 aliphatic heterocycles. The van der Waals surface area contributed by atoms with E-state index in [4.69, 9.17) is 4.74 Å². The van der Waals surface area contributed by atoms with Crippen LogP contribution in [0.1, 0.15) is 44.9 Å². The molecule has 0 amide bonds. The first-order valence-electron chi connectivity index (χ1n) is 7.22. The lowest BCUT2D eigenvalue weighted by Crippen LogP contribution is -2.35. The first-order valence-corrected chi connectivity index (χ1v) is 8.93. The van der Waals surface area contributed by atoms with Crippen LogP contribution in [0.4, 0.5) is 0 Å². The van der Waals surface area contributed by atoms with Gasteiger partial charge in [-0.25, -0.2) is 8.42 Å². The van der Waals surface area contributed by atoms with E-state index in [1.54, 1.807) is 7.11 Å². The number of hydrogen-bond acceptors (Lipinski definition) is 5. The Hall–Kier alpha value is -0.620. The Morgan fingerprint density at radius 3 is 2.50 bits per heavy atom. The molecule has 0 aromatic heterocycles. The van der Waals surface area contributed by atoms with E-state index in [0.717, 1.165) is 32.1 Å². The first-order chi connectivity index (χ1) is 9.41. The summed E-state index contributed by atoms with van der Waals surface area (Å²) >= 11 is 0. The van der Waals surface area contributed by atoms with Crippen LogP contribution < -0.4 is 0 Å². The van der Waals surface area contributed by atoms with E-state index >= 15 is 0 Å². The number of ether oxygens (including phenoxy) is 2. The molecule has 2 rings (SSSR count). The molecular weight excluding hydrogens is 280 g/mol. The van der Waals surface area contributed by atoms with Crippen LogP contribution in [0.25, 0.3) is 0 Å². The van der Waals surface area contributed by atoms with E-state index < -0.39 is 9.84 Å². The average molecular weight is 304 g/mol. The number of sulfone groups is 1. The molecular formula is C14H24O5S. The van der Waals surface area contributed by atoms with Crippen LogP contribution in [0, 0.1) is 5.41 Å². The normalized spacial score (nSPS) is 28.9. The van der Waals surface area contributed by atoms with Crippen molar-refractivity contribution in [3.8, 4) is 0 Å². The lowest BCUT2D eigenvalue weighted by molar-refractivity contribution is -0.141. The molecule has 0 heterocycles. The molecule has 0 saturated heterocycles. The van der Waals surface area contributed by atoms with E-state index in [1.165, 1.54) is 7.11 Å². The Labute approximate surface area is 120 Å². The molecule has 2 atom stereocenters. The molecule has 6 heteroatoms. The van der Waals surface area contributed by atoms with Crippen molar-refractivity contribution in [3.05, 3.63) is 0 Å². The maximum Gasteiger partial charge on any atom is 0.306 e. The van der Waals surface area contributed by atoms with Crippen LogP contribution in [-0.4, -0.2) is 45.7 Å². The van der Waals surface area contributed by atoms with E-state index in [2.05, 4.69) is 4.74 Å². The topological polar surface area (TPSA) is 69.7 Å². The van der Waals surface area contributed by atoms with E-state index in [-0.39, 0.29) is 34.9 Å². The highest BCUT2D eigenvalue weighted by Gasteiger charge is 2.49. The minimum Gasteiger partial charge on any atom is -0.469 e. The summed E-state index contributed by atoms with van der Waals surface area (Å²) in [6.45, 7) is 0. The third-order valence-corrected chi connectivity index (χ3v) is 7.09. The summed E-state index contributed by atoms with van der Waals surface area (Å²) in [6.07, 6.45) is 5.04. The molecule has 20 heavy (non-hydrogen) atoms. The molecule has 2 unspecified atom stereocenters. The van der Waals surface area contributed by atoms with E-state index in [9.17, 15) is 13.2 Å². The van der Waals surface area contributed by atoms with Gasteiger partial charge in [-0.2, -0.15) is 0 Å². The van der Waals surface area contributed by atoms with Crippen molar-refractivity contribution >= 4 is 15.8 Å². The third-order valence-electron chi connectivity index (χ3n) is 4.63. The molecule has 0 bridgehead atoms. The fourth-order valence-electron chi connectivity index (χ4n) is 3.11. The minimum absolute atomic E-state index is 0.0549. The van der Waals surface area contributed by atoms with Gasteiger partial charge < -0.3 is 9.47 Å². The fraction of sp³-hybridized carbons (Fsp3) is 0.929. The Morgan fingerprint density at radius 1 is 1.25 bits per heavy atom. The summed E-state index contributed by atoms with van der Waals surface area (Å²) in [5.74, 6) is -0.188. The summed E-state index contributed by atoms with van der Waals surface area (Å²) in [6, 6.07) is 0. The summed E-state index contributed by atoms with van der Waals surface area (Å²) in [5, 5.41) is -0.309. The molecule has 0 N–H and O–H groups in total. The third kappa shape index (κ3) is 3.73. The standard InChI is InChI=1S/C14H24O5S/c1-18-11-4-3-5-12(8-11)20(16,17)10-14(6-7-14)9-13(15)19-2/h11-12H,3-10H2,1-2H3. The monoisotopic (exact) mass is 304 g/mol. The number of carbonyl (C=O) groups is 1. The highest BCUT2D eigenvalue weighted by molar-refractivity contribution is 7.92. The summed E-state index contributed by atoms with van der Waals surface area (Å²) in [5.41, 5.74) is -0.355. The highest BCUT2D eigenvalue weighted by Crippen LogP contribution is 2.51. The van der Waals surface area contributed by atoms with Gasteiger partial charge in [0.05, 0.1) is 30.6 Å². The molecule has 0 radical (unpaired) electrons. The minimum atomic E-state index is -3.16. The predicted octanol–water partition coefficient (Wildman–Crippen LogP) is 1.70. The molecule has 0 aromatic carbocycles. The largest absolute Gasteiger partial charge is 0.469 e. The number of methoxy groups -OCH3 is 2. The van der Waals surface area contributed by atoms with Gasteiger partial charge in [-0.15, -0.1) is 0 Å². The SMILES string of the molecule is COC(=O)CC1(CS(=O)(=O)C2CCCC(OC)C2)CC1. The zero-order valence-electron chi connectivity index (χ0n) is 12.3. The summed E-state index contributed by atoms with van der Waals surface area (Å²) in [7, 11) is -0.180. The van der Waals surface area contributed by atoms with Crippen molar-refractivity contribution in [2.75, 3.05) is 20.0 Å². The van der Waals surface area contributed by atoms with Crippen LogP contribution in [0.15, 0.2) is 0 Å². The lowest BCUT2D eigenvalue weighted by Gasteiger charge is -2.29. The van der Waals surface area contributed by atoms with Gasteiger partial charge in [-0.05, 0) is 43.9 Å². The van der Waals surface area contributed by atoms with Crippen LogP contribution in [0.5, 0.6) is 0 Å². The van der Waals surface area contributed by atoms with Gasteiger partial charge in [0.1, 0.15) is 0 Å². The molecule has 116 valence electrons.